The number of esters is 1. The number of ketones is 1. The first kappa shape index (κ1) is 18.1. The number of hydrogen-bond donors (Lipinski definition) is 0. The van der Waals surface area contributed by atoms with Gasteiger partial charge in [0.1, 0.15) is 5.75 Å². The Labute approximate surface area is 131 Å². The van der Waals surface area contributed by atoms with Crippen LogP contribution in [0.2, 0.25) is 0 Å². The summed E-state index contributed by atoms with van der Waals surface area (Å²) in [6.45, 7) is 1.01. The van der Waals surface area contributed by atoms with Gasteiger partial charge in [-0.25, -0.2) is 0 Å². The number of carbonyl (C=O) groups is 2. The Kier molecular flexibility index (Phi) is 4.51. The first-order valence-electron chi connectivity index (χ1n) is 6.62. The second kappa shape index (κ2) is 5.99. The van der Waals surface area contributed by atoms with E-state index in [0.717, 1.165) is 0 Å². The monoisotopic (exact) mass is 356 g/mol. The average Bonchev–Trinajstić information content (AvgIpc) is 2.44. The van der Waals surface area contributed by atoms with Crippen LogP contribution in [0.25, 0.3) is 0 Å². The van der Waals surface area contributed by atoms with Gasteiger partial charge >= 0.3 is 18.3 Å². The summed E-state index contributed by atoms with van der Waals surface area (Å²) in [6.07, 6.45) is -12.7. The maximum Gasteiger partial charge on any atom is 0.426 e. The summed E-state index contributed by atoms with van der Waals surface area (Å²) in [5.74, 6) is -6.02. The van der Waals surface area contributed by atoms with Crippen molar-refractivity contribution < 1.29 is 45.4 Å². The lowest BCUT2D eigenvalue weighted by atomic mass is 9.88. The van der Waals surface area contributed by atoms with E-state index in [2.05, 4.69) is 9.47 Å². The number of alkyl halides is 6. The Morgan fingerprint density at radius 1 is 1.21 bits per heavy atom. The maximum atomic E-state index is 13.1. The molecule has 1 aromatic rings. The lowest BCUT2D eigenvalue weighted by molar-refractivity contribution is -0.212. The van der Waals surface area contributed by atoms with Crippen LogP contribution in [0.5, 0.6) is 5.75 Å². The molecule has 4 nitrogen and oxygen atoms in total. The Morgan fingerprint density at radius 2 is 1.83 bits per heavy atom. The van der Waals surface area contributed by atoms with Crippen molar-refractivity contribution in [2.75, 3.05) is 6.61 Å². The van der Waals surface area contributed by atoms with E-state index in [1.165, 1.54) is 6.92 Å². The second-order valence-corrected chi connectivity index (χ2v) is 4.88. The molecular weight excluding hydrogens is 346 g/mol. The van der Waals surface area contributed by atoms with Gasteiger partial charge in [-0.05, 0) is 25.1 Å². The van der Waals surface area contributed by atoms with Crippen LogP contribution in [-0.2, 0) is 15.7 Å². The number of benzene rings is 1. The molecule has 24 heavy (non-hydrogen) atoms. The van der Waals surface area contributed by atoms with Gasteiger partial charge in [-0.2, -0.15) is 26.3 Å². The Hall–Kier alpha value is -2.26. The summed E-state index contributed by atoms with van der Waals surface area (Å²) >= 11 is 0. The first-order chi connectivity index (χ1) is 11.0. The highest BCUT2D eigenvalue weighted by Gasteiger charge is 2.56. The molecule has 0 amide bonds. The predicted molar refractivity (Wildman–Crippen MR) is 66.4 cm³/mol. The van der Waals surface area contributed by atoms with Crippen LogP contribution in [0.15, 0.2) is 18.2 Å². The van der Waals surface area contributed by atoms with E-state index in [1.54, 1.807) is 0 Å². The standard InChI is InChI=1S/C14H10F6O4/c1-2-23-12(22)9-10(21)7-5-6(13(15,16)17)3-4-8(7)24-11(9)14(18,19)20/h3-5,9,11H,2H2,1H3. The largest absolute Gasteiger partial charge is 0.479 e. The summed E-state index contributed by atoms with van der Waals surface area (Å²) < 4.78 is 86.3. The quantitative estimate of drug-likeness (QED) is 0.463. The molecule has 0 saturated heterocycles. The van der Waals surface area contributed by atoms with Crippen molar-refractivity contribution in [2.45, 2.75) is 25.4 Å². The molecule has 132 valence electrons. The maximum absolute atomic E-state index is 13.1. The molecule has 0 bridgehead atoms. The molecule has 0 aromatic heterocycles. The number of ether oxygens (including phenoxy) is 2. The fourth-order valence-electron chi connectivity index (χ4n) is 2.23. The lowest BCUT2D eigenvalue weighted by Crippen LogP contribution is -2.51. The molecule has 0 radical (unpaired) electrons. The summed E-state index contributed by atoms with van der Waals surface area (Å²) in [4.78, 5) is 23.9. The van der Waals surface area contributed by atoms with Crippen molar-refractivity contribution in [1.29, 1.82) is 0 Å². The van der Waals surface area contributed by atoms with Crippen LogP contribution >= 0.6 is 0 Å². The Bertz CT molecular complexity index is 664. The second-order valence-electron chi connectivity index (χ2n) is 4.88. The minimum Gasteiger partial charge on any atom is -0.479 e. The number of fused-ring (bicyclic) bond motifs is 1. The van der Waals surface area contributed by atoms with Gasteiger partial charge in [-0.3, -0.25) is 9.59 Å². The zero-order chi connectivity index (χ0) is 18.3. The molecule has 1 heterocycles. The number of halogens is 6. The minimum atomic E-state index is -5.09. The van der Waals surface area contributed by atoms with Crippen molar-refractivity contribution in [1.82, 2.24) is 0 Å². The molecule has 0 spiro atoms. The fourth-order valence-corrected chi connectivity index (χ4v) is 2.23. The molecule has 0 N–H and O–H groups in total. The molecule has 0 fully saturated rings. The van der Waals surface area contributed by atoms with Gasteiger partial charge in [0.2, 0.25) is 6.10 Å². The van der Waals surface area contributed by atoms with Gasteiger partial charge in [-0.15, -0.1) is 0 Å². The van der Waals surface area contributed by atoms with Crippen molar-refractivity contribution >= 4 is 11.8 Å². The van der Waals surface area contributed by atoms with Gasteiger partial charge in [-0.1, -0.05) is 0 Å². The third-order valence-electron chi connectivity index (χ3n) is 3.27. The van der Waals surface area contributed by atoms with E-state index < -0.39 is 53.0 Å². The molecule has 0 aliphatic carbocycles. The Morgan fingerprint density at radius 3 is 2.33 bits per heavy atom. The molecule has 1 aliphatic rings. The Balaban J connectivity index is 2.53. The van der Waals surface area contributed by atoms with Gasteiger partial charge < -0.3 is 9.47 Å². The molecule has 2 unspecified atom stereocenters. The summed E-state index contributed by atoms with van der Waals surface area (Å²) in [5.41, 5.74) is -1.99. The van der Waals surface area contributed by atoms with Crippen molar-refractivity contribution in [3.63, 3.8) is 0 Å². The van der Waals surface area contributed by atoms with E-state index in [0.29, 0.717) is 18.2 Å². The minimum absolute atomic E-state index is 0.303. The van der Waals surface area contributed by atoms with Gasteiger partial charge in [0.15, 0.2) is 11.7 Å². The van der Waals surface area contributed by atoms with Gasteiger partial charge in [0.25, 0.3) is 0 Å². The highest BCUT2D eigenvalue weighted by molar-refractivity contribution is 6.11. The molecule has 2 rings (SSSR count). The molecule has 2 atom stereocenters. The predicted octanol–water partition coefficient (Wildman–Crippen LogP) is 3.39. The summed E-state index contributed by atoms with van der Waals surface area (Å²) in [5, 5.41) is 0. The van der Waals surface area contributed by atoms with E-state index in [4.69, 9.17) is 0 Å². The topological polar surface area (TPSA) is 52.6 Å². The number of rotatable bonds is 2. The van der Waals surface area contributed by atoms with E-state index in [1.807, 2.05) is 0 Å². The van der Waals surface area contributed by atoms with Crippen LogP contribution in [0, 0.1) is 5.92 Å². The number of carbonyl (C=O) groups excluding carboxylic acids is 2. The molecular formula is C14H10F6O4. The smallest absolute Gasteiger partial charge is 0.426 e. The lowest BCUT2D eigenvalue weighted by Gasteiger charge is -2.32. The van der Waals surface area contributed by atoms with E-state index in [9.17, 15) is 35.9 Å². The third kappa shape index (κ3) is 3.31. The van der Waals surface area contributed by atoms with Crippen LogP contribution in [0.4, 0.5) is 26.3 Å². The fraction of sp³-hybridized carbons (Fsp3) is 0.429. The van der Waals surface area contributed by atoms with Crippen molar-refractivity contribution in [2.24, 2.45) is 5.92 Å². The van der Waals surface area contributed by atoms with E-state index >= 15 is 0 Å². The zero-order valence-corrected chi connectivity index (χ0v) is 12.0. The van der Waals surface area contributed by atoms with Gasteiger partial charge in [0.05, 0.1) is 17.7 Å². The van der Waals surface area contributed by atoms with Crippen LogP contribution in [0.1, 0.15) is 22.8 Å². The van der Waals surface area contributed by atoms with Gasteiger partial charge in [0, 0.05) is 0 Å². The summed E-state index contributed by atoms with van der Waals surface area (Å²) in [7, 11) is 0. The molecule has 0 saturated carbocycles. The van der Waals surface area contributed by atoms with Crippen molar-refractivity contribution in [3.8, 4) is 5.75 Å². The third-order valence-corrected chi connectivity index (χ3v) is 3.27. The average molecular weight is 356 g/mol. The number of Topliss-reactive ketones (excluding diaryl/α,β-unsaturated/α-hetero) is 1. The van der Waals surface area contributed by atoms with Crippen LogP contribution in [0.3, 0.4) is 0 Å². The normalized spacial score (nSPS) is 21.0. The summed E-state index contributed by atoms with van der Waals surface area (Å²) in [6, 6.07) is 1.47. The molecule has 1 aromatic carbocycles. The SMILES string of the molecule is CCOC(=O)C1C(=O)c2cc(C(F)(F)F)ccc2OC1C(F)(F)F. The van der Waals surface area contributed by atoms with Crippen molar-refractivity contribution in [3.05, 3.63) is 29.3 Å². The van der Waals surface area contributed by atoms with Crippen LogP contribution < -0.4 is 4.74 Å². The zero-order valence-electron chi connectivity index (χ0n) is 12.0. The first-order valence-corrected chi connectivity index (χ1v) is 6.62. The molecule has 1 aliphatic heterocycles. The van der Waals surface area contributed by atoms with Crippen LogP contribution in [-0.4, -0.2) is 30.6 Å². The van der Waals surface area contributed by atoms with E-state index in [-0.39, 0.29) is 6.61 Å². The molecule has 10 heteroatoms. The number of hydrogen-bond acceptors (Lipinski definition) is 4. The highest BCUT2D eigenvalue weighted by atomic mass is 19.4. The highest BCUT2D eigenvalue weighted by Crippen LogP contribution is 2.41.